The molecule has 7 N–H and O–H groups in total. The molecule has 0 radical (unpaired) electrons. The van der Waals surface area contributed by atoms with Gasteiger partial charge >= 0.3 is 16.2 Å². The number of anilines is 1. The summed E-state index contributed by atoms with van der Waals surface area (Å²) in [6.07, 6.45) is -9.73. The van der Waals surface area contributed by atoms with Crippen LogP contribution in [0.2, 0.25) is 0 Å². The second kappa shape index (κ2) is 22.9. The normalized spacial score (nSPS) is 42.1. The van der Waals surface area contributed by atoms with Crippen molar-refractivity contribution in [3.63, 3.8) is 0 Å². The number of nitrogens with one attached hydrogen (secondary N) is 2. The zero-order valence-electron chi connectivity index (χ0n) is 42.1. The number of rotatable bonds is 14. The molecule has 67 heavy (non-hydrogen) atoms. The molecule has 3 heterocycles. The summed E-state index contributed by atoms with van der Waals surface area (Å²) in [6, 6.07) is 3.15. The Morgan fingerprint density at radius 2 is 1.58 bits per heavy atom. The van der Waals surface area contributed by atoms with E-state index in [4.69, 9.17) is 28.4 Å². The monoisotopic (exact) mass is 979 g/mol. The zero-order chi connectivity index (χ0) is 50.6. The maximum absolute atomic E-state index is 14.5. The van der Waals surface area contributed by atoms with Gasteiger partial charge in [0.15, 0.2) is 12.6 Å². The van der Waals surface area contributed by atoms with Crippen LogP contribution in [-0.2, 0) is 43.4 Å². The van der Waals surface area contributed by atoms with E-state index in [0.29, 0.717) is 6.54 Å². The van der Waals surface area contributed by atoms with Crippen LogP contribution in [0, 0.1) is 23.6 Å². The molecule has 3 fully saturated rings. The van der Waals surface area contributed by atoms with Gasteiger partial charge < -0.3 is 64.6 Å². The second-order valence-electron chi connectivity index (χ2n) is 20.2. The number of methoxy groups -OCH3 is 1. The molecule has 20 heteroatoms. The first kappa shape index (κ1) is 57.4. The highest BCUT2D eigenvalue weighted by Gasteiger charge is 2.58. The number of esters is 1. The van der Waals surface area contributed by atoms with E-state index in [1.165, 1.54) is 40.3 Å². The van der Waals surface area contributed by atoms with Crippen LogP contribution in [0.4, 0.5) is 10.1 Å². The molecule has 0 aromatic heterocycles. The van der Waals surface area contributed by atoms with Crippen molar-refractivity contribution in [1.82, 2.24) is 14.9 Å². The number of carbonyl (C=O) groups excluding carboxylic acids is 1. The first-order chi connectivity index (χ1) is 31.0. The number of halogens is 1. The lowest BCUT2D eigenvalue weighted by Crippen LogP contribution is -2.70. The molecule has 0 spiro atoms. The molecule has 388 valence electrons. The Kier molecular flexibility index (Phi) is 19.7. The van der Waals surface area contributed by atoms with Crippen LogP contribution in [0.5, 0.6) is 0 Å². The molecular formula is C47H83FN4O14S. The van der Waals surface area contributed by atoms with Crippen molar-refractivity contribution in [2.24, 2.45) is 17.8 Å². The molecule has 0 bridgehead atoms. The van der Waals surface area contributed by atoms with Crippen LogP contribution in [0.1, 0.15) is 108 Å². The topological polar surface area (TPSA) is 238 Å². The highest BCUT2D eigenvalue weighted by atomic mass is 32.2. The summed E-state index contributed by atoms with van der Waals surface area (Å²) in [4.78, 5) is 14.5. The van der Waals surface area contributed by atoms with Gasteiger partial charge in [0.1, 0.15) is 40.9 Å². The summed E-state index contributed by atoms with van der Waals surface area (Å²) in [5.41, 5.74) is -6.22. The van der Waals surface area contributed by atoms with Crippen molar-refractivity contribution in [3.8, 4) is 0 Å². The van der Waals surface area contributed by atoms with Gasteiger partial charge in [-0.2, -0.15) is 12.7 Å². The number of benzene rings is 1. The zero-order valence-corrected chi connectivity index (χ0v) is 43.0. The Labute approximate surface area is 398 Å². The number of cyclic esters (lactones) is 1. The maximum atomic E-state index is 14.5. The van der Waals surface area contributed by atoms with Gasteiger partial charge in [-0.05, 0) is 117 Å². The molecule has 3 aliphatic rings. The lowest BCUT2D eigenvalue weighted by Gasteiger charge is -2.53. The van der Waals surface area contributed by atoms with Gasteiger partial charge in [0.05, 0.1) is 47.7 Å². The number of aliphatic hydroxyl groups is 5. The molecule has 0 saturated carbocycles. The number of hydrogen-bond donors (Lipinski definition) is 7. The number of carbonyl (C=O) groups is 1. The van der Waals surface area contributed by atoms with Gasteiger partial charge in [-0.1, -0.05) is 27.7 Å². The minimum Gasteiger partial charge on any atom is -0.459 e. The molecule has 3 aliphatic heterocycles. The van der Waals surface area contributed by atoms with Crippen LogP contribution in [-0.4, -0.2) is 175 Å². The van der Waals surface area contributed by atoms with Crippen molar-refractivity contribution in [2.45, 2.75) is 198 Å². The van der Waals surface area contributed by atoms with Gasteiger partial charge in [-0.25, -0.2) is 4.39 Å². The third-order valence-electron chi connectivity index (χ3n) is 14.7. The summed E-state index contributed by atoms with van der Waals surface area (Å²) >= 11 is 0. The number of likely N-dealkylation sites (N-methyl/N-ethyl adjacent to an activating group) is 1. The first-order valence-electron chi connectivity index (χ1n) is 23.8. The molecule has 3 saturated heterocycles. The molecule has 18 atom stereocenters. The van der Waals surface area contributed by atoms with Crippen molar-refractivity contribution in [1.29, 1.82) is 0 Å². The van der Waals surface area contributed by atoms with E-state index in [0.717, 1.165) is 27.2 Å². The predicted octanol–water partition coefficient (Wildman–Crippen LogP) is 2.82. The van der Waals surface area contributed by atoms with Crippen LogP contribution in [0.3, 0.4) is 0 Å². The van der Waals surface area contributed by atoms with E-state index in [1.807, 2.05) is 13.8 Å². The molecule has 0 unspecified atom stereocenters. The minimum atomic E-state index is -4.32. The van der Waals surface area contributed by atoms with Crippen LogP contribution >= 0.6 is 0 Å². The molecule has 1 aromatic carbocycles. The maximum Gasteiger partial charge on any atom is 0.311 e. The quantitative estimate of drug-likeness (QED) is 0.105. The lowest BCUT2D eigenvalue weighted by atomic mass is 9.75. The first-order valence-corrected chi connectivity index (χ1v) is 25.2. The summed E-state index contributed by atoms with van der Waals surface area (Å²) in [5, 5.41) is 66.7. The van der Waals surface area contributed by atoms with Gasteiger partial charge in [0, 0.05) is 46.1 Å². The van der Waals surface area contributed by atoms with Gasteiger partial charge in [0.25, 0.3) is 0 Å². The van der Waals surface area contributed by atoms with E-state index in [2.05, 4.69) is 10.6 Å². The molecule has 18 nitrogen and oxygen atoms in total. The lowest BCUT2D eigenvalue weighted by molar-refractivity contribution is -0.336. The standard InChI is InChI=1S/C47H83FN4O14S/c1-15-21-49-26-47(58)32(8)63-37(24-45(47,10)61-14)65-39-29(5)41(44(9,56)23-27(3)25-50-31(7)40(54)46(11,57)36(16-2)64-42(55)30(39)6)66-43-38(53)35(22-28(4)62-43)52(13)67(59,60)51(12)34-19-17-33(48)18-20-34/h17-20,27-32,35-41,43,49-50,53-54,56-58H,15-16,21-26H2,1-14H3/t27-,28-,29+,30-,31-,32+,35+,36-,37+,38-,39+,40-,41-,43+,44-,45-,46-,47+/m1/s1. The molecule has 4 rings (SSSR count). The van der Waals surface area contributed by atoms with Crippen LogP contribution in [0.25, 0.3) is 0 Å². The fraction of sp³-hybridized carbons (Fsp3) is 0.851. The third-order valence-corrected chi connectivity index (χ3v) is 16.6. The SMILES string of the molecule is CCCNC[C@]1(O)[C@H](C)O[C@@H](O[C@H]2[C@H](C)[C@@H](O[C@@H]3O[C@H](C)C[C@H](N(C)S(=O)(=O)N(C)c4ccc(F)cc4)[C@H]3O)[C@](C)(O)C[C@@H](C)CN[C@H](C)[C@@H](O)[C@](C)(O)[C@@H](CC)OC(=O)[C@@H]2C)C[C@@]1(C)OC. The van der Waals surface area contributed by atoms with E-state index < -0.39 is 124 Å². The highest BCUT2D eigenvalue weighted by Crippen LogP contribution is 2.43. The molecular weight excluding hydrogens is 896 g/mol. The molecule has 0 aliphatic carbocycles. The van der Waals surface area contributed by atoms with Crippen molar-refractivity contribution >= 4 is 21.9 Å². The van der Waals surface area contributed by atoms with Crippen molar-refractivity contribution < 1.29 is 71.6 Å². The summed E-state index contributed by atoms with van der Waals surface area (Å²) in [6.45, 7) is 19.8. The average Bonchev–Trinajstić information content (AvgIpc) is 3.26. The van der Waals surface area contributed by atoms with E-state index in [9.17, 15) is 43.1 Å². The molecule has 0 amide bonds. The molecule has 1 aromatic rings. The minimum absolute atomic E-state index is 0.000944. The van der Waals surface area contributed by atoms with Crippen molar-refractivity contribution in [2.75, 3.05) is 45.1 Å². The van der Waals surface area contributed by atoms with E-state index >= 15 is 0 Å². The number of hydrogen-bond acceptors (Lipinski definition) is 16. The summed E-state index contributed by atoms with van der Waals surface area (Å²) < 4.78 is 82.3. The summed E-state index contributed by atoms with van der Waals surface area (Å²) in [5.74, 6) is -3.77. The highest BCUT2D eigenvalue weighted by molar-refractivity contribution is 7.90. The Bertz CT molecular complexity index is 1850. The largest absolute Gasteiger partial charge is 0.459 e. The van der Waals surface area contributed by atoms with Crippen molar-refractivity contribution in [3.05, 3.63) is 30.1 Å². The third kappa shape index (κ3) is 12.7. The van der Waals surface area contributed by atoms with Crippen LogP contribution < -0.4 is 14.9 Å². The second-order valence-corrected chi connectivity index (χ2v) is 22.2. The van der Waals surface area contributed by atoms with E-state index in [1.54, 1.807) is 55.4 Å². The fourth-order valence-electron chi connectivity index (χ4n) is 10.2. The Morgan fingerprint density at radius 3 is 2.16 bits per heavy atom. The number of ether oxygens (including phenoxy) is 6. The van der Waals surface area contributed by atoms with Gasteiger partial charge in [-0.3, -0.25) is 9.10 Å². The van der Waals surface area contributed by atoms with Crippen LogP contribution in [0.15, 0.2) is 24.3 Å². The number of nitrogens with zero attached hydrogens (tertiary/aromatic N) is 2. The van der Waals surface area contributed by atoms with Gasteiger partial charge in [-0.15, -0.1) is 0 Å². The Balaban J connectivity index is 1.81. The Morgan fingerprint density at radius 1 is 0.955 bits per heavy atom. The number of aliphatic hydroxyl groups excluding tert-OH is 2. The fourth-order valence-corrected chi connectivity index (χ4v) is 11.5. The van der Waals surface area contributed by atoms with E-state index in [-0.39, 0.29) is 50.4 Å². The summed E-state index contributed by atoms with van der Waals surface area (Å²) in [7, 11) is -0.189. The smallest absolute Gasteiger partial charge is 0.311 e. The van der Waals surface area contributed by atoms with Gasteiger partial charge in [0.2, 0.25) is 0 Å². The Hall–Kier alpha value is -2.15. The average molecular weight is 979 g/mol. The predicted molar refractivity (Wildman–Crippen MR) is 249 cm³/mol.